The molecule has 0 saturated carbocycles. The van der Waals surface area contributed by atoms with E-state index in [1.807, 2.05) is 0 Å². The van der Waals surface area contributed by atoms with E-state index in [0.717, 1.165) is 26.1 Å². The van der Waals surface area contributed by atoms with Crippen LogP contribution < -0.4 is 18.9 Å². The Bertz CT molecular complexity index is 545. The summed E-state index contributed by atoms with van der Waals surface area (Å²) in [5, 5.41) is 0. The van der Waals surface area contributed by atoms with Gasteiger partial charge in [-0.1, -0.05) is 25.7 Å². The molecular weight excluding hydrogens is 416 g/mol. The Morgan fingerprint density at radius 2 is 0.812 bits per heavy atom. The maximum Gasteiger partial charge on any atom is 0.165 e. The standard InChI is InChI=1S/C24H40O8/c1-25-21-19-23-24(20-22(21)26-2)32-18-16-30-14-12-28-10-8-6-4-3-5-7-9-27-11-13-29-15-17-31-23/h19-20H,3-18H2,1-2H3. The summed E-state index contributed by atoms with van der Waals surface area (Å²) in [6.07, 6.45) is 7.10. The average molecular weight is 457 g/mol. The highest BCUT2D eigenvalue weighted by molar-refractivity contribution is 5.54. The molecule has 0 N–H and O–H groups in total. The van der Waals surface area contributed by atoms with Crippen molar-refractivity contribution in [3.05, 3.63) is 12.1 Å². The fourth-order valence-electron chi connectivity index (χ4n) is 3.25. The van der Waals surface area contributed by atoms with Crippen molar-refractivity contribution in [2.24, 2.45) is 0 Å². The van der Waals surface area contributed by atoms with Gasteiger partial charge in [-0.2, -0.15) is 0 Å². The Morgan fingerprint density at radius 1 is 0.469 bits per heavy atom. The molecule has 0 unspecified atom stereocenters. The lowest BCUT2D eigenvalue weighted by atomic mass is 10.1. The fraction of sp³-hybridized carbons (Fsp3) is 0.750. The van der Waals surface area contributed by atoms with Gasteiger partial charge >= 0.3 is 0 Å². The zero-order valence-electron chi connectivity index (χ0n) is 19.7. The van der Waals surface area contributed by atoms with E-state index in [-0.39, 0.29) is 0 Å². The summed E-state index contributed by atoms with van der Waals surface area (Å²) in [6, 6.07) is 3.52. The highest BCUT2D eigenvalue weighted by atomic mass is 16.6. The number of benzene rings is 1. The number of methoxy groups -OCH3 is 2. The van der Waals surface area contributed by atoms with Crippen LogP contribution >= 0.6 is 0 Å². The normalized spacial score (nSPS) is 19.4. The molecule has 8 nitrogen and oxygen atoms in total. The van der Waals surface area contributed by atoms with Crippen LogP contribution in [0, 0.1) is 0 Å². The predicted molar refractivity (Wildman–Crippen MR) is 122 cm³/mol. The highest BCUT2D eigenvalue weighted by Crippen LogP contribution is 2.39. The van der Waals surface area contributed by atoms with Crippen LogP contribution in [0.3, 0.4) is 0 Å². The van der Waals surface area contributed by atoms with E-state index < -0.39 is 0 Å². The van der Waals surface area contributed by atoms with Gasteiger partial charge in [0.1, 0.15) is 13.2 Å². The number of hydrogen-bond donors (Lipinski definition) is 0. The number of rotatable bonds is 2. The van der Waals surface area contributed by atoms with E-state index in [1.54, 1.807) is 26.4 Å². The molecule has 1 aromatic carbocycles. The second-order valence-electron chi connectivity index (χ2n) is 7.42. The Hall–Kier alpha value is -1.74. The molecule has 1 aliphatic rings. The van der Waals surface area contributed by atoms with Crippen LogP contribution in [0.2, 0.25) is 0 Å². The molecule has 1 aromatic rings. The summed E-state index contributed by atoms with van der Waals surface area (Å²) in [7, 11) is 3.17. The molecule has 0 amide bonds. The molecule has 0 radical (unpaired) electrons. The van der Waals surface area contributed by atoms with Gasteiger partial charge in [0, 0.05) is 25.3 Å². The smallest absolute Gasteiger partial charge is 0.165 e. The van der Waals surface area contributed by atoms with Gasteiger partial charge in [0.25, 0.3) is 0 Å². The predicted octanol–water partition coefficient (Wildman–Crippen LogP) is 3.88. The molecule has 8 heteroatoms. The van der Waals surface area contributed by atoms with Crippen molar-refractivity contribution >= 4 is 0 Å². The lowest BCUT2D eigenvalue weighted by Crippen LogP contribution is -2.13. The third-order valence-electron chi connectivity index (χ3n) is 4.99. The highest BCUT2D eigenvalue weighted by Gasteiger charge is 2.14. The van der Waals surface area contributed by atoms with Crippen molar-refractivity contribution in [1.29, 1.82) is 0 Å². The molecule has 2 rings (SSSR count). The average Bonchev–Trinajstić information content (AvgIpc) is 2.81. The largest absolute Gasteiger partial charge is 0.493 e. The summed E-state index contributed by atoms with van der Waals surface area (Å²) in [5.74, 6) is 2.29. The SMILES string of the molecule is COc1cc2c(cc1OC)OCCOCCOCCCCCCCCOCCOCCO2. The lowest BCUT2D eigenvalue weighted by molar-refractivity contribution is 0.0313. The quantitative estimate of drug-likeness (QED) is 0.664. The Balaban J connectivity index is 1.85. The van der Waals surface area contributed by atoms with E-state index in [0.29, 0.717) is 75.9 Å². The third kappa shape index (κ3) is 11.2. The van der Waals surface area contributed by atoms with Crippen molar-refractivity contribution in [3.63, 3.8) is 0 Å². The summed E-state index contributed by atoms with van der Waals surface area (Å²) in [5.41, 5.74) is 0. The molecule has 0 saturated heterocycles. The van der Waals surface area contributed by atoms with Crippen molar-refractivity contribution < 1.29 is 37.9 Å². The van der Waals surface area contributed by atoms with Crippen molar-refractivity contribution in [1.82, 2.24) is 0 Å². The number of fused-ring (bicyclic) bond motifs is 1. The zero-order valence-corrected chi connectivity index (χ0v) is 19.7. The van der Waals surface area contributed by atoms with E-state index in [2.05, 4.69) is 0 Å². The first kappa shape index (κ1) is 26.5. The molecule has 1 aliphatic heterocycles. The maximum absolute atomic E-state index is 5.88. The Labute approximate surface area is 192 Å². The number of ether oxygens (including phenoxy) is 8. The van der Waals surface area contributed by atoms with E-state index in [4.69, 9.17) is 37.9 Å². The van der Waals surface area contributed by atoms with E-state index >= 15 is 0 Å². The van der Waals surface area contributed by atoms with Gasteiger partial charge in [-0.3, -0.25) is 0 Å². The van der Waals surface area contributed by atoms with Crippen LogP contribution in [0.5, 0.6) is 23.0 Å². The summed E-state index contributed by atoms with van der Waals surface area (Å²) in [6.45, 7) is 5.57. The summed E-state index contributed by atoms with van der Waals surface area (Å²) < 4.78 is 45.0. The molecule has 0 bridgehead atoms. The minimum Gasteiger partial charge on any atom is -0.493 e. The molecule has 1 heterocycles. The molecule has 32 heavy (non-hydrogen) atoms. The second kappa shape index (κ2) is 17.8. The molecular formula is C24H40O8. The molecule has 0 spiro atoms. The van der Waals surface area contributed by atoms with Gasteiger partial charge in [0.05, 0.1) is 53.9 Å². The Kier molecular flexibility index (Phi) is 14.7. The van der Waals surface area contributed by atoms with Crippen LogP contribution in [-0.4, -0.2) is 80.3 Å². The van der Waals surface area contributed by atoms with E-state index in [9.17, 15) is 0 Å². The minimum atomic E-state index is 0.389. The first-order valence-corrected chi connectivity index (χ1v) is 11.7. The lowest BCUT2D eigenvalue weighted by Gasteiger charge is -2.16. The zero-order chi connectivity index (χ0) is 22.7. The fourth-order valence-corrected chi connectivity index (χ4v) is 3.25. The maximum atomic E-state index is 5.88. The third-order valence-corrected chi connectivity index (χ3v) is 4.99. The van der Waals surface area contributed by atoms with Crippen molar-refractivity contribution in [2.75, 3.05) is 80.3 Å². The van der Waals surface area contributed by atoms with E-state index in [1.165, 1.54) is 25.7 Å². The van der Waals surface area contributed by atoms with Gasteiger partial charge in [-0.15, -0.1) is 0 Å². The van der Waals surface area contributed by atoms with Crippen LogP contribution in [0.4, 0.5) is 0 Å². The molecule has 0 fully saturated rings. The van der Waals surface area contributed by atoms with Gasteiger partial charge in [0.2, 0.25) is 0 Å². The van der Waals surface area contributed by atoms with Crippen LogP contribution in [0.15, 0.2) is 12.1 Å². The van der Waals surface area contributed by atoms with Crippen LogP contribution in [0.25, 0.3) is 0 Å². The number of hydrogen-bond acceptors (Lipinski definition) is 8. The molecule has 0 aromatic heterocycles. The van der Waals surface area contributed by atoms with Gasteiger partial charge in [0.15, 0.2) is 23.0 Å². The molecule has 184 valence electrons. The second-order valence-corrected chi connectivity index (χ2v) is 7.42. The minimum absolute atomic E-state index is 0.389. The topological polar surface area (TPSA) is 73.8 Å². The molecule has 0 aliphatic carbocycles. The van der Waals surface area contributed by atoms with Gasteiger partial charge < -0.3 is 37.9 Å². The van der Waals surface area contributed by atoms with Crippen LogP contribution in [-0.2, 0) is 18.9 Å². The summed E-state index contributed by atoms with van der Waals surface area (Å²) >= 11 is 0. The first-order chi connectivity index (χ1) is 15.8. The van der Waals surface area contributed by atoms with Crippen molar-refractivity contribution in [2.45, 2.75) is 38.5 Å². The molecule has 0 atom stereocenters. The first-order valence-electron chi connectivity index (χ1n) is 11.7. The van der Waals surface area contributed by atoms with Crippen molar-refractivity contribution in [3.8, 4) is 23.0 Å². The van der Waals surface area contributed by atoms with Gasteiger partial charge in [-0.05, 0) is 12.8 Å². The van der Waals surface area contributed by atoms with Crippen LogP contribution in [0.1, 0.15) is 38.5 Å². The monoisotopic (exact) mass is 456 g/mol. The Morgan fingerprint density at radius 3 is 1.22 bits per heavy atom. The van der Waals surface area contributed by atoms with Gasteiger partial charge in [-0.25, -0.2) is 0 Å². The summed E-state index contributed by atoms with van der Waals surface area (Å²) in [4.78, 5) is 0.